The largest absolute Gasteiger partial charge is 0.393 e. The van der Waals surface area contributed by atoms with E-state index in [-0.39, 0.29) is 6.10 Å². The normalized spacial score (nSPS) is 26.5. The van der Waals surface area contributed by atoms with Crippen molar-refractivity contribution in [1.29, 1.82) is 0 Å². The summed E-state index contributed by atoms with van der Waals surface area (Å²) >= 11 is 0. The van der Waals surface area contributed by atoms with Crippen LogP contribution in [0, 0.1) is 0 Å². The Morgan fingerprint density at radius 1 is 1.62 bits per heavy atom. The van der Waals surface area contributed by atoms with Crippen molar-refractivity contribution in [3.05, 3.63) is 0 Å². The van der Waals surface area contributed by atoms with Crippen molar-refractivity contribution in [2.75, 3.05) is 26.8 Å². The molecular weight excluding hydrogens is 166 g/mol. The number of aliphatic hydroxyl groups is 1. The highest BCUT2D eigenvalue weighted by molar-refractivity contribution is 4.80. The first-order chi connectivity index (χ1) is 6.24. The minimum atomic E-state index is -0.173. The van der Waals surface area contributed by atoms with Crippen LogP contribution < -0.4 is 0 Å². The fourth-order valence-corrected chi connectivity index (χ4v) is 2.06. The van der Waals surface area contributed by atoms with Gasteiger partial charge in [-0.2, -0.15) is 0 Å². The van der Waals surface area contributed by atoms with E-state index in [1.165, 1.54) is 19.4 Å². The van der Waals surface area contributed by atoms with Crippen molar-refractivity contribution >= 4 is 0 Å². The van der Waals surface area contributed by atoms with Gasteiger partial charge in [0, 0.05) is 19.7 Å². The first-order valence-electron chi connectivity index (χ1n) is 5.15. The van der Waals surface area contributed by atoms with Crippen molar-refractivity contribution in [2.24, 2.45) is 0 Å². The fraction of sp³-hybridized carbons (Fsp3) is 1.00. The molecule has 1 aliphatic heterocycles. The van der Waals surface area contributed by atoms with Gasteiger partial charge in [0.25, 0.3) is 0 Å². The molecule has 13 heavy (non-hydrogen) atoms. The predicted molar refractivity (Wildman–Crippen MR) is 52.8 cm³/mol. The van der Waals surface area contributed by atoms with E-state index in [0.717, 1.165) is 19.6 Å². The average molecular weight is 187 g/mol. The molecule has 2 atom stereocenters. The molecule has 0 aliphatic carbocycles. The molecule has 0 saturated carbocycles. The summed E-state index contributed by atoms with van der Waals surface area (Å²) in [5.41, 5.74) is 0. The van der Waals surface area contributed by atoms with Crippen LogP contribution >= 0.6 is 0 Å². The maximum atomic E-state index is 9.30. The van der Waals surface area contributed by atoms with Crippen LogP contribution in [-0.4, -0.2) is 49.0 Å². The van der Waals surface area contributed by atoms with Crippen LogP contribution in [-0.2, 0) is 4.74 Å². The number of methoxy groups -OCH3 is 1. The Hall–Kier alpha value is -0.120. The Morgan fingerprint density at radius 3 is 3.00 bits per heavy atom. The summed E-state index contributed by atoms with van der Waals surface area (Å²) in [5, 5.41) is 9.30. The van der Waals surface area contributed by atoms with E-state index in [2.05, 4.69) is 4.90 Å². The summed E-state index contributed by atoms with van der Waals surface area (Å²) in [6.45, 7) is 4.85. The van der Waals surface area contributed by atoms with E-state index in [9.17, 15) is 5.11 Å². The molecule has 0 spiro atoms. The summed E-state index contributed by atoms with van der Waals surface area (Å²) in [5.74, 6) is 0. The van der Waals surface area contributed by atoms with Gasteiger partial charge in [-0.05, 0) is 32.7 Å². The zero-order valence-electron chi connectivity index (χ0n) is 8.70. The number of aliphatic hydroxyl groups excluding tert-OH is 1. The monoisotopic (exact) mass is 187 g/mol. The molecule has 2 unspecified atom stereocenters. The molecule has 0 aromatic heterocycles. The quantitative estimate of drug-likeness (QED) is 0.693. The van der Waals surface area contributed by atoms with Gasteiger partial charge in [0.05, 0.1) is 12.7 Å². The van der Waals surface area contributed by atoms with E-state index in [0.29, 0.717) is 6.04 Å². The highest BCUT2D eigenvalue weighted by Gasteiger charge is 2.24. The second kappa shape index (κ2) is 5.58. The van der Waals surface area contributed by atoms with E-state index >= 15 is 0 Å². The summed E-state index contributed by atoms with van der Waals surface area (Å²) in [4.78, 5) is 2.43. The van der Waals surface area contributed by atoms with Crippen LogP contribution in [0.2, 0.25) is 0 Å². The molecule has 0 aromatic carbocycles. The molecule has 1 rings (SSSR count). The van der Waals surface area contributed by atoms with Crippen LogP contribution in [0.4, 0.5) is 0 Å². The third kappa shape index (κ3) is 3.63. The standard InChI is InChI=1S/C10H21NO2/c1-9(12)8-10-4-3-5-11(10)6-7-13-2/h9-10,12H,3-8H2,1-2H3. The molecule has 0 aromatic rings. The van der Waals surface area contributed by atoms with Crippen molar-refractivity contribution in [1.82, 2.24) is 4.90 Å². The molecule has 3 nitrogen and oxygen atoms in total. The highest BCUT2D eigenvalue weighted by atomic mass is 16.5. The topological polar surface area (TPSA) is 32.7 Å². The van der Waals surface area contributed by atoms with Crippen LogP contribution in [0.25, 0.3) is 0 Å². The van der Waals surface area contributed by atoms with Crippen LogP contribution in [0.1, 0.15) is 26.2 Å². The Labute approximate surface area is 80.7 Å². The van der Waals surface area contributed by atoms with Gasteiger partial charge >= 0.3 is 0 Å². The van der Waals surface area contributed by atoms with Gasteiger partial charge in [-0.15, -0.1) is 0 Å². The van der Waals surface area contributed by atoms with Gasteiger partial charge in [-0.1, -0.05) is 0 Å². The Kier molecular flexibility index (Phi) is 4.70. The third-order valence-corrected chi connectivity index (χ3v) is 2.69. The number of ether oxygens (including phenoxy) is 1. The van der Waals surface area contributed by atoms with Crippen molar-refractivity contribution in [3.63, 3.8) is 0 Å². The molecule has 1 N–H and O–H groups in total. The number of hydrogen-bond acceptors (Lipinski definition) is 3. The molecule has 1 aliphatic rings. The van der Waals surface area contributed by atoms with E-state index in [1.807, 2.05) is 6.92 Å². The van der Waals surface area contributed by atoms with Gasteiger partial charge in [-0.3, -0.25) is 4.90 Å². The number of nitrogens with zero attached hydrogens (tertiary/aromatic N) is 1. The second-order valence-electron chi connectivity index (χ2n) is 3.91. The Morgan fingerprint density at radius 2 is 2.38 bits per heavy atom. The first kappa shape index (κ1) is 11.0. The van der Waals surface area contributed by atoms with Crippen molar-refractivity contribution < 1.29 is 9.84 Å². The molecule has 0 amide bonds. The van der Waals surface area contributed by atoms with Gasteiger partial charge in [-0.25, -0.2) is 0 Å². The first-order valence-corrected chi connectivity index (χ1v) is 5.15. The lowest BCUT2D eigenvalue weighted by Gasteiger charge is -2.24. The summed E-state index contributed by atoms with van der Waals surface area (Å²) in [6.07, 6.45) is 3.23. The maximum absolute atomic E-state index is 9.30. The van der Waals surface area contributed by atoms with E-state index in [4.69, 9.17) is 4.74 Å². The molecular formula is C10H21NO2. The van der Waals surface area contributed by atoms with Gasteiger partial charge in [0.15, 0.2) is 0 Å². The lowest BCUT2D eigenvalue weighted by Crippen LogP contribution is -2.34. The number of hydrogen-bond donors (Lipinski definition) is 1. The number of rotatable bonds is 5. The summed E-state index contributed by atoms with van der Waals surface area (Å²) < 4.78 is 5.05. The minimum Gasteiger partial charge on any atom is -0.393 e. The molecule has 0 bridgehead atoms. The molecule has 3 heteroatoms. The minimum absolute atomic E-state index is 0.173. The van der Waals surface area contributed by atoms with Gasteiger partial charge in [0.1, 0.15) is 0 Å². The fourth-order valence-electron chi connectivity index (χ4n) is 2.06. The van der Waals surface area contributed by atoms with Crippen LogP contribution in [0.15, 0.2) is 0 Å². The smallest absolute Gasteiger partial charge is 0.0589 e. The summed E-state index contributed by atoms with van der Waals surface area (Å²) in [6, 6.07) is 0.579. The van der Waals surface area contributed by atoms with E-state index in [1.54, 1.807) is 7.11 Å². The van der Waals surface area contributed by atoms with Crippen LogP contribution in [0.5, 0.6) is 0 Å². The average Bonchev–Trinajstić information content (AvgIpc) is 2.48. The van der Waals surface area contributed by atoms with Crippen LogP contribution in [0.3, 0.4) is 0 Å². The molecule has 1 fully saturated rings. The molecule has 1 heterocycles. The predicted octanol–water partition coefficient (Wildman–Crippen LogP) is 0.868. The highest BCUT2D eigenvalue weighted by Crippen LogP contribution is 2.20. The van der Waals surface area contributed by atoms with E-state index < -0.39 is 0 Å². The SMILES string of the molecule is COCCN1CCCC1CC(C)O. The van der Waals surface area contributed by atoms with Gasteiger partial charge in [0.2, 0.25) is 0 Å². The Bertz CT molecular complexity index is 139. The molecule has 0 radical (unpaired) electrons. The third-order valence-electron chi connectivity index (χ3n) is 2.69. The van der Waals surface area contributed by atoms with Gasteiger partial charge < -0.3 is 9.84 Å². The Balaban J connectivity index is 2.26. The summed E-state index contributed by atoms with van der Waals surface area (Å²) in [7, 11) is 1.74. The van der Waals surface area contributed by atoms with Crippen molar-refractivity contribution in [3.8, 4) is 0 Å². The molecule has 1 saturated heterocycles. The maximum Gasteiger partial charge on any atom is 0.0589 e. The lowest BCUT2D eigenvalue weighted by atomic mass is 10.1. The lowest BCUT2D eigenvalue weighted by molar-refractivity contribution is 0.107. The van der Waals surface area contributed by atoms with Crippen molar-refractivity contribution in [2.45, 2.75) is 38.3 Å². The zero-order chi connectivity index (χ0) is 9.68. The second-order valence-corrected chi connectivity index (χ2v) is 3.91. The zero-order valence-corrected chi connectivity index (χ0v) is 8.70. The number of likely N-dealkylation sites (tertiary alicyclic amines) is 1. The molecule has 78 valence electrons.